The third-order valence-corrected chi connectivity index (χ3v) is 6.23. The fourth-order valence-electron chi connectivity index (χ4n) is 4.61. The molecule has 9 nitrogen and oxygen atoms in total. The highest BCUT2D eigenvalue weighted by Gasteiger charge is 2.28. The number of nitrogens with zero attached hydrogens (tertiary/aromatic N) is 7. The lowest BCUT2D eigenvalue weighted by Crippen LogP contribution is -2.45. The number of benzene rings is 2. The molecule has 0 atom stereocenters. The van der Waals surface area contributed by atoms with E-state index in [9.17, 15) is 28.0 Å². The van der Waals surface area contributed by atoms with Crippen LogP contribution in [0.2, 0.25) is 0 Å². The van der Waals surface area contributed by atoms with E-state index in [4.69, 9.17) is 0 Å². The standard InChI is InChI=1S/C25H20F3N7O2/c1-32-14-30-21(31-32)13-35-24(36)18(8-15-9-19(26)22(28)20(27)10-15)23(34(7-6-29)25(35)37)33-11-16-4-2-3-5-17(16)12-33/h2-5,9-10,14H,7-8,11-13H2,1H3. The summed E-state index contributed by atoms with van der Waals surface area (Å²) in [5, 5.41) is 13.7. The largest absolute Gasteiger partial charge is 0.349 e. The predicted molar refractivity (Wildman–Crippen MR) is 126 cm³/mol. The van der Waals surface area contributed by atoms with E-state index in [0.717, 1.165) is 27.8 Å². The molecule has 0 spiro atoms. The van der Waals surface area contributed by atoms with Gasteiger partial charge in [0.15, 0.2) is 23.3 Å². The first-order valence-corrected chi connectivity index (χ1v) is 11.3. The van der Waals surface area contributed by atoms with Crippen molar-refractivity contribution in [1.82, 2.24) is 23.9 Å². The third-order valence-electron chi connectivity index (χ3n) is 6.23. The molecule has 3 heterocycles. The monoisotopic (exact) mass is 507 g/mol. The summed E-state index contributed by atoms with van der Waals surface area (Å²) in [5.74, 6) is -4.05. The van der Waals surface area contributed by atoms with Crippen LogP contribution in [0, 0.1) is 28.8 Å². The molecular formula is C25H20F3N7O2. The molecule has 0 N–H and O–H groups in total. The lowest BCUT2D eigenvalue weighted by Gasteiger charge is -2.25. The minimum Gasteiger partial charge on any atom is -0.349 e. The van der Waals surface area contributed by atoms with Crippen LogP contribution in [0.4, 0.5) is 19.0 Å². The normalized spacial score (nSPS) is 12.6. The van der Waals surface area contributed by atoms with E-state index in [1.54, 1.807) is 11.9 Å². The van der Waals surface area contributed by atoms with E-state index >= 15 is 0 Å². The Morgan fingerprint density at radius 2 is 1.68 bits per heavy atom. The van der Waals surface area contributed by atoms with Crippen molar-refractivity contribution in [3.05, 3.63) is 109 Å². The number of hydrogen-bond acceptors (Lipinski definition) is 6. The Morgan fingerprint density at radius 3 is 2.24 bits per heavy atom. The number of aromatic nitrogens is 5. The molecule has 37 heavy (non-hydrogen) atoms. The quantitative estimate of drug-likeness (QED) is 0.371. The van der Waals surface area contributed by atoms with Gasteiger partial charge in [-0.15, -0.1) is 0 Å². The van der Waals surface area contributed by atoms with Gasteiger partial charge in [0.05, 0.1) is 18.2 Å². The van der Waals surface area contributed by atoms with Crippen LogP contribution < -0.4 is 16.1 Å². The second-order valence-electron chi connectivity index (χ2n) is 8.73. The Balaban J connectivity index is 1.72. The maximum atomic E-state index is 14.0. The minimum atomic E-state index is -1.62. The number of fused-ring (bicyclic) bond motifs is 1. The Kier molecular flexibility index (Phi) is 6.12. The first kappa shape index (κ1) is 24.1. The zero-order chi connectivity index (χ0) is 26.3. The molecule has 12 heteroatoms. The van der Waals surface area contributed by atoms with E-state index in [0.29, 0.717) is 13.1 Å². The SMILES string of the molecule is Cn1cnc(Cn2c(=O)c(Cc3cc(F)c(F)c(F)c3)c(N3Cc4ccccc4C3)n(CC#N)c2=O)n1. The van der Waals surface area contributed by atoms with Crippen molar-refractivity contribution in [3.8, 4) is 6.07 Å². The molecule has 2 aromatic heterocycles. The second kappa shape index (κ2) is 9.42. The van der Waals surface area contributed by atoms with Crippen LogP contribution in [0.1, 0.15) is 28.1 Å². The Hall–Kier alpha value is -4.66. The average molecular weight is 507 g/mol. The molecular weight excluding hydrogens is 487 g/mol. The first-order chi connectivity index (χ1) is 17.8. The molecule has 0 amide bonds. The van der Waals surface area contributed by atoms with Crippen LogP contribution >= 0.6 is 0 Å². The third kappa shape index (κ3) is 4.40. The van der Waals surface area contributed by atoms with Gasteiger partial charge in [0, 0.05) is 26.6 Å². The van der Waals surface area contributed by atoms with Gasteiger partial charge in [-0.05, 0) is 28.8 Å². The molecule has 0 saturated carbocycles. The minimum absolute atomic E-state index is 0.00358. The van der Waals surface area contributed by atoms with E-state index < -0.39 is 28.7 Å². The van der Waals surface area contributed by atoms with Crippen LogP contribution in [-0.2, 0) is 39.6 Å². The van der Waals surface area contributed by atoms with Crippen molar-refractivity contribution in [3.63, 3.8) is 0 Å². The molecule has 0 fully saturated rings. The Labute approximate surface area is 208 Å². The molecule has 0 bridgehead atoms. The highest BCUT2D eigenvalue weighted by molar-refractivity contribution is 5.54. The van der Waals surface area contributed by atoms with Gasteiger partial charge in [-0.1, -0.05) is 24.3 Å². The van der Waals surface area contributed by atoms with E-state index in [-0.39, 0.29) is 42.3 Å². The van der Waals surface area contributed by atoms with Gasteiger partial charge in [-0.25, -0.2) is 22.9 Å². The van der Waals surface area contributed by atoms with Gasteiger partial charge in [-0.2, -0.15) is 10.4 Å². The second-order valence-corrected chi connectivity index (χ2v) is 8.73. The molecule has 0 saturated heterocycles. The molecule has 5 rings (SSSR count). The van der Waals surface area contributed by atoms with Crippen LogP contribution in [0.5, 0.6) is 0 Å². The number of rotatable bonds is 6. The zero-order valence-corrected chi connectivity index (χ0v) is 19.7. The van der Waals surface area contributed by atoms with Crippen LogP contribution in [0.15, 0.2) is 52.3 Å². The number of aryl methyl sites for hydroxylation is 1. The summed E-state index contributed by atoms with van der Waals surface area (Å²) in [6, 6.07) is 11.1. The number of anilines is 1. The molecule has 1 aliphatic heterocycles. The van der Waals surface area contributed by atoms with Crippen molar-refractivity contribution < 1.29 is 13.2 Å². The Bertz CT molecular complexity index is 1640. The smallest absolute Gasteiger partial charge is 0.333 e. The van der Waals surface area contributed by atoms with Gasteiger partial charge in [-0.3, -0.25) is 18.6 Å². The van der Waals surface area contributed by atoms with Gasteiger partial charge >= 0.3 is 5.69 Å². The molecule has 0 aliphatic carbocycles. The van der Waals surface area contributed by atoms with E-state index in [1.807, 2.05) is 30.3 Å². The lowest BCUT2D eigenvalue weighted by molar-refractivity contribution is 0.445. The molecule has 0 radical (unpaired) electrons. The molecule has 188 valence electrons. The fraction of sp³-hybridized carbons (Fsp3) is 0.240. The van der Waals surface area contributed by atoms with Gasteiger partial charge in [0.2, 0.25) is 0 Å². The zero-order valence-electron chi connectivity index (χ0n) is 19.7. The maximum Gasteiger partial charge on any atom is 0.333 e. The highest BCUT2D eigenvalue weighted by atomic mass is 19.2. The number of halogens is 3. The van der Waals surface area contributed by atoms with Crippen LogP contribution in [0.3, 0.4) is 0 Å². The van der Waals surface area contributed by atoms with Crippen LogP contribution in [0.25, 0.3) is 0 Å². The summed E-state index contributed by atoms with van der Waals surface area (Å²) < 4.78 is 45.1. The lowest BCUT2D eigenvalue weighted by atomic mass is 10.0. The first-order valence-electron chi connectivity index (χ1n) is 11.3. The van der Waals surface area contributed by atoms with E-state index in [2.05, 4.69) is 10.1 Å². The van der Waals surface area contributed by atoms with Gasteiger partial charge in [0.1, 0.15) is 18.7 Å². The number of nitriles is 1. The average Bonchev–Trinajstić information content (AvgIpc) is 3.48. The summed E-state index contributed by atoms with van der Waals surface area (Å²) in [5.41, 5.74) is 0.517. The van der Waals surface area contributed by atoms with Crippen LogP contribution in [-0.4, -0.2) is 23.9 Å². The Morgan fingerprint density at radius 1 is 1.03 bits per heavy atom. The molecule has 1 aliphatic rings. The van der Waals surface area contributed by atoms with E-state index in [1.165, 1.54) is 15.6 Å². The van der Waals surface area contributed by atoms with Crippen molar-refractivity contribution in [2.75, 3.05) is 4.90 Å². The number of hydrogen-bond donors (Lipinski definition) is 0. The van der Waals surface area contributed by atoms with Gasteiger partial charge in [0.25, 0.3) is 5.56 Å². The summed E-state index contributed by atoms with van der Waals surface area (Å²) in [4.78, 5) is 33.1. The highest BCUT2D eigenvalue weighted by Crippen LogP contribution is 2.30. The summed E-state index contributed by atoms with van der Waals surface area (Å²) >= 11 is 0. The fourth-order valence-corrected chi connectivity index (χ4v) is 4.61. The molecule has 4 aromatic rings. The predicted octanol–water partition coefficient (Wildman–Crippen LogP) is 2.24. The van der Waals surface area contributed by atoms with Gasteiger partial charge < -0.3 is 4.90 Å². The molecule has 2 aromatic carbocycles. The maximum absolute atomic E-state index is 14.0. The van der Waals surface area contributed by atoms with Crippen molar-refractivity contribution in [2.45, 2.75) is 32.6 Å². The summed E-state index contributed by atoms with van der Waals surface area (Å²) in [6.45, 7) is 0.0521. The topological polar surface area (TPSA) is 102 Å². The van der Waals surface area contributed by atoms with Crippen molar-refractivity contribution in [1.29, 1.82) is 5.26 Å². The van der Waals surface area contributed by atoms with Crippen molar-refractivity contribution >= 4 is 5.82 Å². The summed E-state index contributed by atoms with van der Waals surface area (Å²) in [6.07, 6.45) is 1.10. The summed E-state index contributed by atoms with van der Waals surface area (Å²) in [7, 11) is 1.63. The molecule has 0 unspecified atom stereocenters. The van der Waals surface area contributed by atoms with Crippen molar-refractivity contribution in [2.24, 2.45) is 7.05 Å².